The largest absolute Gasteiger partial charge is 0.359 e. The first kappa shape index (κ1) is 9.44. The fourth-order valence-corrected chi connectivity index (χ4v) is 0.975. The van der Waals surface area contributed by atoms with Gasteiger partial charge in [0.25, 0.3) is 0 Å². The number of aryl methyl sites for hydroxylation is 1. The van der Waals surface area contributed by atoms with Gasteiger partial charge in [0.15, 0.2) is 12.1 Å². The number of hydrogen-bond donors (Lipinski definition) is 1. The number of carbonyl (C=O) groups excluding carboxylic acids is 2. The zero-order chi connectivity index (χ0) is 9.68. The molecular formula is C8H11N3O2. The Morgan fingerprint density at radius 1 is 1.77 bits per heavy atom. The minimum absolute atomic E-state index is 0.0504. The summed E-state index contributed by atoms with van der Waals surface area (Å²) >= 11 is 0. The number of aldehydes is 1. The Kier molecular flexibility index (Phi) is 3.19. The van der Waals surface area contributed by atoms with E-state index in [4.69, 9.17) is 0 Å². The minimum atomic E-state index is -0.0504. The highest BCUT2D eigenvalue weighted by Gasteiger charge is 2.02. The lowest BCUT2D eigenvalue weighted by molar-refractivity contribution is -0.120. The summed E-state index contributed by atoms with van der Waals surface area (Å²) in [4.78, 5) is 25.1. The molecule has 0 unspecified atom stereocenters. The third kappa shape index (κ3) is 2.40. The third-order valence-electron chi connectivity index (χ3n) is 1.71. The Balaban J connectivity index is 2.53. The van der Waals surface area contributed by atoms with Gasteiger partial charge in [-0.25, -0.2) is 4.98 Å². The zero-order valence-corrected chi connectivity index (χ0v) is 7.36. The summed E-state index contributed by atoms with van der Waals surface area (Å²) in [5.74, 6) is 0.300. The van der Waals surface area contributed by atoms with Crippen LogP contribution in [0.25, 0.3) is 0 Å². The van der Waals surface area contributed by atoms with Crippen LogP contribution in [0.15, 0.2) is 12.4 Å². The Bertz CT molecular complexity index is 306. The predicted octanol–water partition coefficient (Wildman–Crippen LogP) is -0.168. The van der Waals surface area contributed by atoms with Crippen molar-refractivity contribution in [3.8, 4) is 0 Å². The molecule has 13 heavy (non-hydrogen) atoms. The smallest absolute Gasteiger partial charge is 0.221 e. The quantitative estimate of drug-likeness (QED) is 0.656. The molecule has 1 aromatic heterocycles. The van der Waals surface area contributed by atoms with Crippen molar-refractivity contribution in [1.29, 1.82) is 0 Å². The summed E-state index contributed by atoms with van der Waals surface area (Å²) < 4.78 is 1.64. The van der Waals surface area contributed by atoms with Crippen molar-refractivity contribution in [2.24, 2.45) is 0 Å². The van der Waals surface area contributed by atoms with Crippen LogP contribution in [0.5, 0.6) is 0 Å². The molecule has 1 amide bonds. The molecule has 0 saturated heterocycles. The highest BCUT2D eigenvalue weighted by atomic mass is 16.1. The molecule has 1 heterocycles. The summed E-state index contributed by atoms with van der Waals surface area (Å²) in [5, 5.41) is 2.50. The maximum absolute atomic E-state index is 10.9. The molecule has 0 aliphatic heterocycles. The van der Waals surface area contributed by atoms with Gasteiger partial charge in [0.05, 0.1) is 0 Å². The van der Waals surface area contributed by atoms with E-state index < -0.39 is 0 Å². The van der Waals surface area contributed by atoms with Gasteiger partial charge in [-0.15, -0.1) is 0 Å². The van der Waals surface area contributed by atoms with Gasteiger partial charge in [0.1, 0.15) is 0 Å². The molecule has 70 valence electrons. The predicted molar refractivity (Wildman–Crippen MR) is 46.3 cm³/mol. The highest BCUT2D eigenvalue weighted by Crippen LogP contribution is 1.96. The van der Waals surface area contributed by atoms with Crippen LogP contribution >= 0.6 is 0 Å². The monoisotopic (exact) mass is 181 g/mol. The van der Waals surface area contributed by atoms with E-state index in [9.17, 15) is 9.59 Å². The average Bonchev–Trinajstić information content (AvgIpc) is 2.61. The number of amides is 1. The molecule has 0 aliphatic rings. The second kappa shape index (κ2) is 4.39. The zero-order valence-electron chi connectivity index (χ0n) is 7.36. The molecule has 1 rings (SSSR count). The first-order valence-corrected chi connectivity index (χ1v) is 3.95. The lowest BCUT2D eigenvalue weighted by atomic mass is 10.4. The van der Waals surface area contributed by atoms with Crippen LogP contribution in [-0.4, -0.2) is 28.8 Å². The average molecular weight is 181 g/mol. The van der Waals surface area contributed by atoms with E-state index in [2.05, 4.69) is 10.3 Å². The summed E-state index contributed by atoms with van der Waals surface area (Å²) in [7, 11) is 1.58. The highest BCUT2D eigenvalue weighted by molar-refractivity contribution is 5.75. The maximum Gasteiger partial charge on any atom is 0.221 e. The number of carbonyl (C=O) groups is 2. The molecule has 0 bridgehead atoms. The van der Waals surface area contributed by atoms with Crippen molar-refractivity contribution < 1.29 is 9.59 Å². The number of nitrogens with one attached hydrogen (secondary N) is 1. The molecule has 0 fully saturated rings. The van der Waals surface area contributed by atoms with Gasteiger partial charge in [0.2, 0.25) is 5.91 Å². The van der Waals surface area contributed by atoms with Crippen LogP contribution in [0.4, 0.5) is 0 Å². The number of hydrogen-bond acceptors (Lipinski definition) is 3. The van der Waals surface area contributed by atoms with E-state index in [1.165, 1.54) is 6.20 Å². The minimum Gasteiger partial charge on any atom is -0.359 e. The Hall–Kier alpha value is -1.65. The summed E-state index contributed by atoms with van der Waals surface area (Å²) in [5.41, 5.74) is 0. The van der Waals surface area contributed by atoms with Crippen LogP contribution in [0.2, 0.25) is 0 Å². The second-order valence-electron chi connectivity index (χ2n) is 2.52. The van der Waals surface area contributed by atoms with E-state index in [1.54, 1.807) is 17.8 Å². The van der Waals surface area contributed by atoms with Crippen LogP contribution in [-0.2, 0) is 11.3 Å². The van der Waals surface area contributed by atoms with Crippen molar-refractivity contribution in [2.45, 2.75) is 13.0 Å². The Morgan fingerprint density at radius 2 is 2.54 bits per heavy atom. The van der Waals surface area contributed by atoms with Gasteiger partial charge in [-0.2, -0.15) is 0 Å². The fraction of sp³-hybridized carbons (Fsp3) is 0.375. The third-order valence-corrected chi connectivity index (χ3v) is 1.71. The molecule has 0 aromatic carbocycles. The van der Waals surface area contributed by atoms with Crippen LogP contribution in [0.3, 0.4) is 0 Å². The summed E-state index contributed by atoms with van der Waals surface area (Å²) in [6.45, 7) is 0.480. The molecule has 1 aromatic rings. The van der Waals surface area contributed by atoms with Crippen molar-refractivity contribution in [3.05, 3.63) is 18.2 Å². The van der Waals surface area contributed by atoms with Gasteiger partial charge in [-0.05, 0) is 0 Å². The maximum atomic E-state index is 10.9. The van der Waals surface area contributed by atoms with Gasteiger partial charge >= 0.3 is 0 Å². The molecule has 5 heteroatoms. The molecule has 0 spiro atoms. The normalized spacial score (nSPS) is 9.62. The summed E-state index contributed by atoms with van der Waals surface area (Å²) in [6.07, 6.45) is 4.23. The molecule has 5 nitrogen and oxygen atoms in total. The molecule has 0 aliphatic carbocycles. The standard InChI is InChI=1S/C8H11N3O2/c1-9-8(13)2-4-11-5-3-10-7(11)6-12/h3,5-6H,2,4H2,1H3,(H,9,13). The SMILES string of the molecule is CNC(=O)CCn1ccnc1C=O. The Labute approximate surface area is 75.8 Å². The van der Waals surface area contributed by atoms with Gasteiger partial charge < -0.3 is 9.88 Å². The topological polar surface area (TPSA) is 64.0 Å². The van der Waals surface area contributed by atoms with E-state index in [-0.39, 0.29) is 5.91 Å². The van der Waals surface area contributed by atoms with Crippen LogP contribution in [0.1, 0.15) is 17.0 Å². The first-order chi connectivity index (χ1) is 6.27. The van der Waals surface area contributed by atoms with Crippen LogP contribution in [0, 0.1) is 0 Å². The summed E-state index contributed by atoms with van der Waals surface area (Å²) in [6, 6.07) is 0. The second-order valence-corrected chi connectivity index (χ2v) is 2.52. The number of rotatable bonds is 4. The van der Waals surface area contributed by atoms with E-state index in [0.29, 0.717) is 25.1 Å². The Morgan fingerprint density at radius 3 is 3.15 bits per heavy atom. The number of aromatic nitrogens is 2. The number of imidazole rings is 1. The van der Waals surface area contributed by atoms with Crippen molar-refractivity contribution in [1.82, 2.24) is 14.9 Å². The van der Waals surface area contributed by atoms with E-state index in [1.807, 2.05) is 0 Å². The van der Waals surface area contributed by atoms with Crippen molar-refractivity contribution in [2.75, 3.05) is 7.05 Å². The van der Waals surface area contributed by atoms with Crippen LogP contribution < -0.4 is 5.32 Å². The molecular weight excluding hydrogens is 170 g/mol. The van der Waals surface area contributed by atoms with Gasteiger partial charge in [-0.1, -0.05) is 0 Å². The van der Waals surface area contributed by atoms with E-state index in [0.717, 1.165) is 0 Å². The van der Waals surface area contributed by atoms with Crippen molar-refractivity contribution >= 4 is 12.2 Å². The van der Waals surface area contributed by atoms with Crippen molar-refractivity contribution in [3.63, 3.8) is 0 Å². The number of nitrogens with zero attached hydrogens (tertiary/aromatic N) is 2. The fourth-order valence-electron chi connectivity index (χ4n) is 0.975. The molecule has 0 radical (unpaired) electrons. The first-order valence-electron chi connectivity index (χ1n) is 3.95. The van der Waals surface area contributed by atoms with Gasteiger partial charge in [0, 0.05) is 32.4 Å². The molecule has 1 N–H and O–H groups in total. The molecule has 0 saturated carbocycles. The molecule has 0 atom stereocenters. The lowest BCUT2D eigenvalue weighted by Gasteiger charge is -2.02. The van der Waals surface area contributed by atoms with Gasteiger partial charge in [-0.3, -0.25) is 9.59 Å². The lowest BCUT2D eigenvalue weighted by Crippen LogP contribution is -2.19. The van der Waals surface area contributed by atoms with E-state index >= 15 is 0 Å².